The lowest BCUT2D eigenvalue weighted by atomic mass is 10.1. The molecule has 9 nitrogen and oxygen atoms in total. The van der Waals surface area contributed by atoms with Crippen molar-refractivity contribution in [2.75, 3.05) is 26.2 Å². The second kappa shape index (κ2) is 9.93. The Morgan fingerprint density at radius 1 is 1.21 bits per heavy atom. The summed E-state index contributed by atoms with van der Waals surface area (Å²) in [6, 6.07) is 4.02. The van der Waals surface area contributed by atoms with Crippen LogP contribution in [0.4, 0.5) is 0 Å². The van der Waals surface area contributed by atoms with Gasteiger partial charge in [-0.1, -0.05) is 12.1 Å². The molecule has 178 valence electrons. The number of aryl methyl sites for hydroxylation is 3. The lowest BCUT2D eigenvalue weighted by Gasteiger charge is -2.21. The molecule has 0 bridgehead atoms. The quantitative estimate of drug-likeness (QED) is 0.471. The molecule has 2 aromatic rings. The first kappa shape index (κ1) is 24.7. The molecule has 2 aromatic heterocycles. The SMILES string of the molecule is CCCn1c(C)cc(/C=C(/C#N)C(=O)N2CCCN(S(=O)(=O)c3c(C)noc3C)CC2)c1C. The molecule has 1 aliphatic heterocycles. The highest BCUT2D eigenvalue weighted by atomic mass is 32.2. The second-order valence-electron chi connectivity index (χ2n) is 8.35. The van der Waals surface area contributed by atoms with Crippen LogP contribution in [0.25, 0.3) is 6.08 Å². The first-order valence-electron chi connectivity index (χ1n) is 11.1. The van der Waals surface area contributed by atoms with Gasteiger partial charge >= 0.3 is 0 Å². The van der Waals surface area contributed by atoms with Gasteiger partial charge in [0.15, 0.2) is 5.76 Å². The van der Waals surface area contributed by atoms with Crippen molar-refractivity contribution in [2.24, 2.45) is 0 Å². The number of carbonyl (C=O) groups is 1. The van der Waals surface area contributed by atoms with Crippen LogP contribution in [0, 0.1) is 39.0 Å². The number of hydrogen-bond donors (Lipinski definition) is 0. The van der Waals surface area contributed by atoms with E-state index in [4.69, 9.17) is 4.52 Å². The third-order valence-electron chi connectivity index (χ3n) is 6.02. The number of aromatic nitrogens is 2. The zero-order valence-electron chi connectivity index (χ0n) is 19.9. The van der Waals surface area contributed by atoms with E-state index in [1.165, 1.54) is 4.31 Å². The fourth-order valence-electron chi connectivity index (χ4n) is 4.32. The van der Waals surface area contributed by atoms with Gasteiger partial charge in [0.25, 0.3) is 5.91 Å². The van der Waals surface area contributed by atoms with Crippen molar-refractivity contribution in [2.45, 2.75) is 58.9 Å². The third-order valence-corrected chi connectivity index (χ3v) is 8.16. The summed E-state index contributed by atoms with van der Waals surface area (Å²) in [5.41, 5.74) is 3.32. The van der Waals surface area contributed by atoms with Crippen molar-refractivity contribution in [3.8, 4) is 6.07 Å². The summed E-state index contributed by atoms with van der Waals surface area (Å²) in [4.78, 5) is 14.8. The minimum atomic E-state index is -3.78. The molecule has 1 fully saturated rings. The lowest BCUT2D eigenvalue weighted by Crippen LogP contribution is -2.38. The van der Waals surface area contributed by atoms with E-state index in [2.05, 4.69) is 16.6 Å². The molecule has 0 spiro atoms. The van der Waals surface area contributed by atoms with Crippen LogP contribution in [0.2, 0.25) is 0 Å². The maximum absolute atomic E-state index is 13.1. The Balaban J connectivity index is 1.79. The van der Waals surface area contributed by atoms with Gasteiger partial charge in [0, 0.05) is 44.1 Å². The van der Waals surface area contributed by atoms with Gasteiger partial charge in [0.1, 0.15) is 22.2 Å². The van der Waals surface area contributed by atoms with Gasteiger partial charge in [-0.05, 0) is 58.2 Å². The fraction of sp³-hybridized carbons (Fsp3) is 0.522. The number of carbonyl (C=O) groups excluding carboxylic acids is 1. The van der Waals surface area contributed by atoms with E-state index in [0.29, 0.717) is 18.7 Å². The molecule has 1 aliphatic rings. The second-order valence-corrected chi connectivity index (χ2v) is 10.2. The molecular formula is C23H31N5O4S. The van der Waals surface area contributed by atoms with Crippen LogP contribution in [-0.2, 0) is 21.4 Å². The van der Waals surface area contributed by atoms with Crippen LogP contribution >= 0.6 is 0 Å². The molecule has 10 heteroatoms. The Labute approximate surface area is 195 Å². The highest BCUT2D eigenvalue weighted by Gasteiger charge is 2.33. The number of nitrogens with zero attached hydrogens (tertiary/aromatic N) is 5. The summed E-state index contributed by atoms with van der Waals surface area (Å²) in [6.45, 7) is 11.1. The number of sulfonamides is 1. The zero-order valence-corrected chi connectivity index (χ0v) is 20.7. The largest absolute Gasteiger partial charge is 0.360 e. The van der Waals surface area contributed by atoms with Crippen LogP contribution < -0.4 is 0 Å². The molecule has 0 aromatic carbocycles. The van der Waals surface area contributed by atoms with Gasteiger partial charge in [-0.3, -0.25) is 4.79 Å². The zero-order chi connectivity index (χ0) is 24.3. The van der Waals surface area contributed by atoms with E-state index in [9.17, 15) is 18.5 Å². The van der Waals surface area contributed by atoms with Gasteiger partial charge in [-0.25, -0.2) is 8.42 Å². The first-order chi connectivity index (χ1) is 15.6. The van der Waals surface area contributed by atoms with Crippen molar-refractivity contribution >= 4 is 22.0 Å². The lowest BCUT2D eigenvalue weighted by molar-refractivity contribution is -0.126. The third kappa shape index (κ3) is 4.89. The summed E-state index contributed by atoms with van der Waals surface area (Å²) in [5.74, 6) is -0.130. The predicted molar refractivity (Wildman–Crippen MR) is 124 cm³/mol. The molecular weight excluding hydrogens is 442 g/mol. The van der Waals surface area contributed by atoms with E-state index in [1.54, 1.807) is 24.8 Å². The maximum atomic E-state index is 13.1. The van der Waals surface area contributed by atoms with Gasteiger partial charge < -0.3 is 14.0 Å². The van der Waals surface area contributed by atoms with Crippen LogP contribution in [0.3, 0.4) is 0 Å². The summed E-state index contributed by atoms with van der Waals surface area (Å²) in [5, 5.41) is 13.5. The van der Waals surface area contributed by atoms with Crippen LogP contribution in [0.5, 0.6) is 0 Å². The van der Waals surface area contributed by atoms with Crippen molar-refractivity contribution < 1.29 is 17.7 Å². The van der Waals surface area contributed by atoms with Crippen LogP contribution in [0.1, 0.15) is 48.2 Å². The highest BCUT2D eigenvalue weighted by Crippen LogP contribution is 2.25. The topological polar surface area (TPSA) is 112 Å². The minimum absolute atomic E-state index is 0.0498. The molecule has 1 amide bonds. The average molecular weight is 474 g/mol. The Morgan fingerprint density at radius 3 is 2.55 bits per heavy atom. The van der Waals surface area contributed by atoms with Crippen LogP contribution in [0.15, 0.2) is 21.1 Å². The fourth-order valence-corrected chi connectivity index (χ4v) is 6.08. The van der Waals surface area contributed by atoms with Crippen molar-refractivity contribution in [1.29, 1.82) is 5.26 Å². The number of amides is 1. The monoisotopic (exact) mass is 473 g/mol. The molecule has 0 unspecified atom stereocenters. The number of nitriles is 1. The first-order valence-corrected chi connectivity index (χ1v) is 12.6. The molecule has 3 heterocycles. The van der Waals surface area contributed by atoms with E-state index in [1.807, 2.05) is 26.0 Å². The average Bonchev–Trinajstić information content (AvgIpc) is 3.11. The number of rotatable bonds is 6. The van der Waals surface area contributed by atoms with Gasteiger partial charge in [0.2, 0.25) is 10.0 Å². The van der Waals surface area contributed by atoms with Crippen molar-refractivity contribution in [3.63, 3.8) is 0 Å². The predicted octanol–water partition coefficient (Wildman–Crippen LogP) is 2.95. The van der Waals surface area contributed by atoms with Crippen molar-refractivity contribution in [1.82, 2.24) is 18.9 Å². The molecule has 0 aliphatic carbocycles. The van der Waals surface area contributed by atoms with Crippen molar-refractivity contribution in [3.05, 3.63) is 40.0 Å². The van der Waals surface area contributed by atoms with E-state index in [-0.39, 0.29) is 41.8 Å². The number of hydrogen-bond acceptors (Lipinski definition) is 6. The summed E-state index contributed by atoms with van der Waals surface area (Å²) >= 11 is 0. The molecule has 0 saturated carbocycles. The van der Waals surface area contributed by atoms with Gasteiger partial charge in [0.05, 0.1) is 0 Å². The van der Waals surface area contributed by atoms with E-state index >= 15 is 0 Å². The molecule has 0 atom stereocenters. The van der Waals surface area contributed by atoms with E-state index in [0.717, 1.165) is 29.9 Å². The maximum Gasteiger partial charge on any atom is 0.264 e. The molecule has 3 rings (SSSR count). The summed E-state index contributed by atoms with van der Waals surface area (Å²) in [6.07, 6.45) is 3.10. The summed E-state index contributed by atoms with van der Waals surface area (Å²) in [7, 11) is -3.78. The smallest absolute Gasteiger partial charge is 0.264 e. The molecule has 1 saturated heterocycles. The molecule has 0 N–H and O–H groups in total. The minimum Gasteiger partial charge on any atom is -0.360 e. The van der Waals surface area contributed by atoms with E-state index < -0.39 is 10.0 Å². The summed E-state index contributed by atoms with van der Waals surface area (Å²) < 4.78 is 34.8. The Kier molecular flexibility index (Phi) is 7.44. The van der Waals surface area contributed by atoms with Gasteiger partial charge in [-0.2, -0.15) is 9.57 Å². The van der Waals surface area contributed by atoms with Gasteiger partial charge in [-0.15, -0.1) is 0 Å². The Bertz CT molecular complexity index is 1200. The van der Waals surface area contributed by atoms with Crippen LogP contribution in [-0.4, -0.2) is 59.4 Å². The Hall–Kier alpha value is -2.90. The Morgan fingerprint density at radius 2 is 1.94 bits per heavy atom. The normalized spacial score (nSPS) is 16.0. The highest BCUT2D eigenvalue weighted by molar-refractivity contribution is 7.89. The standard InChI is InChI=1S/C23H31N5O4S/c1-6-8-28-16(2)13-20(18(28)4)14-21(15-24)23(29)26-9-7-10-27(12-11-26)33(30,31)22-17(3)25-32-19(22)5/h13-14H,6-12H2,1-5H3/b21-14-. The molecule has 0 radical (unpaired) electrons. The molecule has 33 heavy (non-hydrogen) atoms.